The van der Waals surface area contributed by atoms with E-state index < -0.39 is 11.6 Å². The minimum Gasteiger partial charge on any atom is -0.571 e. The van der Waals surface area contributed by atoms with Crippen molar-refractivity contribution in [1.82, 2.24) is 19.7 Å². The molecule has 2 aromatic heterocycles. The lowest BCUT2D eigenvalue weighted by molar-refractivity contribution is -0.749. The van der Waals surface area contributed by atoms with Crippen LogP contribution in [0.5, 0.6) is 0 Å². The fourth-order valence-electron chi connectivity index (χ4n) is 5.59. The Kier molecular flexibility index (Phi) is 6.54. The van der Waals surface area contributed by atoms with Crippen molar-refractivity contribution in [2.45, 2.75) is 19.9 Å². The normalized spacial score (nSPS) is 18.0. The first-order valence-corrected chi connectivity index (χ1v) is 13.2. The second kappa shape index (κ2) is 10.1. The van der Waals surface area contributed by atoms with Crippen molar-refractivity contribution >= 4 is 22.9 Å². The van der Waals surface area contributed by atoms with E-state index in [0.29, 0.717) is 17.9 Å². The fourth-order valence-corrected chi connectivity index (χ4v) is 5.59. The number of fused-ring (bicyclic) bond motifs is 2. The van der Waals surface area contributed by atoms with E-state index in [-0.39, 0.29) is 22.6 Å². The lowest BCUT2D eigenvalue weighted by atomic mass is 9.94. The van der Waals surface area contributed by atoms with Gasteiger partial charge in [-0.1, -0.05) is 6.07 Å². The highest BCUT2D eigenvalue weighted by atomic mass is 16.5. The molecule has 3 aromatic rings. The molecule has 0 amide bonds. The van der Waals surface area contributed by atoms with Crippen molar-refractivity contribution < 1.29 is 19.3 Å². The summed E-state index contributed by atoms with van der Waals surface area (Å²) in [6.07, 6.45) is 2.13. The van der Waals surface area contributed by atoms with Crippen LogP contribution < -0.4 is 14.8 Å². The van der Waals surface area contributed by atoms with E-state index in [4.69, 9.17) is 4.74 Å². The number of carbonyl (C=O) groups excluding carboxylic acids is 2. The summed E-state index contributed by atoms with van der Waals surface area (Å²) < 4.78 is 6.78. The van der Waals surface area contributed by atoms with Crippen molar-refractivity contribution in [3.05, 3.63) is 69.9 Å². The van der Waals surface area contributed by atoms with Gasteiger partial charge in [0.25, 0.3) is 0 Å². The summed E-state index contributed by atoms with van der Waals surface area (Å²) in [5.74, 6) is -0.865. The molecule has 11 nitrogen and oxygen atoms in total. The van der Waals surface area contributed by atoms with E-state index in [2.05, 4.69) is 49.9 Å². The maximum atomic E-state index is 13.0. The van der Waals surface area contributed by atoms with Gasteiger partial charge in [0.15, 0.2) is 5.69 Å². The predicted octanol–water partition coefficient (Wildman–Crippen LogP) is 1.04. The second-order valence-electron chi connectivity index (χ2n) is 9.98. The van der Waals surface area contributed by atoms with Crippen molar-refractivity contribution in [3.8, 4) is 0 Å². The topological polar surface area (TPSA) is 111 Å². The zero-order valence-electron chi connectivity index (χ0n) is 21.5. The number of benzene rings is 1. The molecule has 0 radical (unpaired) electrons. The van der Waals surface area contributed by atoms with Gasteiger partial charge >= 0.3 is 0 Å². The molecule has 0 bridgehead atoms. The Labute approximate surface area is 220 Å². The molecule has 0 spiro atoms. The Morgan fingerprint density at radius 1 is 0.947 bits per heavy atom. The number of nitrogens with zero attached hydrogens (tertiary/aromatic N) is 7. The van der Waals surface area contributed by atoms with Gasteiger partial charge in [-0.15, -0.1) is 4.68 Å². The number of pyridine rings is 1. The van der Waals surface area contributed by atoms with Gasteiger partial charge in [0.05, 0.1) is 25.3 Å². The average Bonchev–Trinajstić information content (AvgIpc) is 3.29. The monoisotopic (exact) mass is 517 g/mol. The molecule has 38 heavy (non-hydrogen) atoms. The zero-order valence-corrected chi connectivity index (χ0v) is 21.5. The first-order chi connectivity index (χ1) is 18.5. The quantitative estimate of drug-likeness (QED) is 0.274. The third-order valence-electron chi connectivity index (χ3n) is 7.70. The second-order valence-corrected chi connectivity index (χ2v) is 9.98. The maximum absolute atomic E-state index is 13.0. The third kappa shape index (κ3) is 4.41. The minimum atomic E-state index is -0.435. The van der Waals surface area contributed by atoms with E-state index in [1.54, 1.807) is 12.1 Å². The van der Waals surface area contributed by atoms with Gasteiger partial charge in [-0.25, -0.2) is 0 Å². The number of ketones is 2. The summed E-state index contributed by atoms with van der Waals surface area (Å²) in [5, 5.41) is 16.3. The number of carbonyl (C=O) groups is 2. The van der Waals surface area contributed by atoms with Gasteiger partial charge in [0.1, 0.15) is 5.69 Å². The predicted molar refractivity (Wildman–Crippen MR) is 140 cm³/mol. The standard InChI is InChI=1S/C27H31N7O4/c1-19-5-6-20(18-22(19)32-14-16-38-17-15-32)31-12-10-30(11-13-31)8-3-9-33-25-24(29-34(33)37)26(35)21-4-2-7-28-23(21)27(25)36/h2,4-7,18H,3,8-17H2,1H3. The first kappa shape index (κ1) is 24.5. The number of piperazine rings is 1. The smallest absolute Gasteiger partial charge is 0.236 e. The number of rotatable bonds is 6. The van der Waals surface area contributed by atoms with Crippen LogP contribution in [0.2, 0.25) is 0 Å². The average molecular weight is 518 g/mol. The molecule has 6 rings (SSSR count). The molecule has 2 aliphatic heterocycles. The highest BCUT2D eigenvalue weighted by molar-refractivity contribution is 6.26. The van der Waals surface area contributed by atoms with Crippen molar-refractivity contribution in [3.63, 3.8) is 0 Å². The van der Waals surface area contributed by atoms with Crippen molar-refractivity contribution in [2.75, 3.05) is 68.8 Å². The number of hydrogen-bond acceptors (Lipinski definition) is 9. The maximum Gasteiger partial charge on any atom is 0.236 e. The summed E-state index contributed by atoms with van der Waals surface area (Å²) in [6.45, 7) is 10.3. The Morgan fingerprint density at radius 2 is 1.74 bits per heavy atom. The highest BCUT2D eigenvalue weighted by Gasteiger charge is 2.40. The van der Waals surface area contributed by atoms with Crippen LogP contribution in [0.25, 0.3) is 0 Å². The Bertz CT molecular complexity index is 1370. The highest BCUT2D eigenvalue weighted by Crippen LogP contribution is 2.28. The third-order valence-corrected chi connectivity index (χ3v) is 7.70. The lowest BCUT2D eigenvalue weighted by Crippen LogP contribution is -2.47. The molecule has 3 aliphatic rings. The Morgan fingerprint density at radius 3 is 2.53 bits per heavy atom. The van der Waals surface area contributed by atoms with Gasteiger partial charge < -0.3 is 19.7 Å². The number of anilines is 2. The van der Waals surface area contributed by atoms with E-state index in [0.717, 1.165) is 59.0 Å². The van der Waals surface area contributed by atoms with Gasteiger partial charge in [-0.05, 0) is 43.2 Å². The molecule has 0 N–H and O–H groups in total. The van der Waals surface area contributed by atoms with E-state index in [1.807, 2.05) is 0 Å². The largest absolute Gasteiger partial charge is 0.571 e. The van der Waals surface area contributed by atoms with Crippen LogP contribution >= 0.6 is 0 Å². The van der Waals surface area contributed by atoms with Crippen LogP contribution in [-0.4, -0.2) is 90.3 Å². The van der Waals surface area contributed by atoms with Crippen LogP contribution in [0, 0.1) is 12.1 Å². The van der Waals surface area contributed by atoms with Gasteiger partial charge in [-0.2, -0.15) is 0 Å². The molecule has 1 aliphatic carbocycles. The van der Waals surface area contributed by atoms with Crippen LogP contribution in [0.1, 0.15) is 44.2 Å². The van der Waals surface area contributed by atoms with Crippen LogP contribution in [-0.2, 0) is 11.3 Å². The SMILES string of the molecule is Cc1ccc(N2CCN(CCCn3c4c(n[n+]3[O-])C(=O)c3cccnc3C4=O)CC2)cc1N1CCOCC1. The lowest BCUT2D eigenvalue weighted by Gasteiger charge is -2.37. The Balaban J connectivity index is 1.06. The molecule has 0 unspecified atom stereocenters. The molecular weight excluding hydrogens is 486 g/mol. The van der Waals surface area contributed by atoms with E-state index in [1.165, 1.54) is 27.8 Å². The zero-order chi connectivity index (χ0) is 26.2. The van der Waals surface area contributed by atoms with E-state index >= 15 is 0 Å². The number of ether oxygens (including phenoxy) is 1. The minimum absolute atomic E-state index is 0.0384. The number of aryl methyl sites for hydroxylation is 1. The number of hydrogen-bond donors (Lipinski definition) is 0. The molecule has 11 heteroatoms. The molecule has 0 saturated carbocycles. The Hall–Kier alpha value is -3.83. The fraction of sp³-hybridized carbons (Fsp3) is 0.444. The van der Waals surface area contributed by atoms with E-state index in [9.17, 15) is 14.8 Å². The van der Waals surface area contributed by atoms with Crippen LogP contribution in [0.3, 0.4) is 0 Å². The molecule has 4 heterocycles. The molecule has 2 fully saturated rings. The van der Waals surface area contributed by atoms with Crippen molar-refractivity contribution in [2.24, 2.45) is 0 Å². The molecule has 198 valence electrons. The van der Waals surface area contributed by atoms with Crippen LogP contribution in [0.15, 0.2) is 36.5 Å². The van der Waals surface area contributed by atoms with Crippen molar-refractivity contribution in [1.29, 1.82) is 0 Å². The summed E-state index contributed by atoms with van der Waals surface area (Å²) in [4.78, 5) is 37.4. The molecule has 1 aromatic carbocycles. The molecule has 2 saturated heterocycles. The summed E-state index contributed by atoms with van der Waals surface area (Å²) in [6, 6.07) is 9.85. The van der Waals surface area contributed by atoms with Gasteiger partial charge in [0.2, 0.25) is 17.3 Å². The van der Waals surface area contributed by atoms with Crippen LogP contribution in [0.4, 0.5) is 11.4 Å². The molecule has 0 atom stereocenters. The number of aromatic nitrogens is 4. The summed E-state index contributed by atoms with van der Waals surface area (Å²) in [7, 11) is 0. The van der Waals surface area contributed by atoms with Gasteiger partial charge in [0, 0.05) is 73.4 Å². The van der Waals surface area contributed by atoms with Gasteiger partial charge in [-0.3, -0.25) is 19.5 Å². The first-order valence-electron chi connectivity index (χ1n) is 13.2. The molecular formula is C27H31N7O4. The summed E-state index contributed by atoms with van der Waals surface area (Å²) >= 11 is 0. The summed E-state index contributed by atoms with van der Waals surface area (Å²) in [5.41, 5.74) is 4.03. The number of morpholine rings is 1.